The molecule has 0 heterocycles. The van der Waals surface area contributed by atoms with E-state index in [2.05, 4.69) is 29.7 Å². The molecule has 1 aromatic rings. The highest BCUT2D eigenvalue weighted by atomic mass is 32.2. The van der Waals surface area contributed by atoms with Crippen LogP contribution in [-0.4, -0.2) is 46.4 Å². The van der Waals surface area contributed by atoms with Crippen molar-refractivity contribution in [2.45, 2.75) is 128 Å². The summed E-state index contributed by atoms with van der Waals surface area (Å²) in [7, 11) is 0. The van der Waals surface area contributed by atoms with Gasteiger partial charge in [-0.3, -0.25) is 14.4 Å². The van der Waals surface area contributed by atoms with E-state index in [4.69, 9.17) is 0 Å². The highest BCUT2D eigenvalue weighted by Crippen LogP contribution is 2.23. The third kappa shape index (κ3) is 18.1. The van der Waals surface area contributed by atoms with Crippen molar-refractivity contribution in [1.82, 2.24) is 5.32 Å². The zero-order valence-corrected chi connectivity index (χ0v) is 26.4. The number of rotatable bonds is 23. The predicted octanol–water partition coefficient (Wildman–Crippen LogP) is 7.17. The monoisotopic (exact) mass is 590 g/mol. The first-order chi connectivity index (χ1) is 19.7. The van der Waals surface area contributed by atoms with Gasteiger partial charge in [-0.1, -0.05) is 96.1 Å². The molecule has 0 spiro atoms. The average Bonchev–Trinajstić information content (AvgIpc) is 2.95. The molecule has 4 N–H and O–H groups in total. The van der Waals surface area contributed by atoms with Crippen LogP contribution in [0.1, 0.15) is 117 Å². The summed E-state index contributed by atoms with van der Waals surface area (Å²) in [4.78, 5) is 37.2. The Hall–Kier alpha value is -2.16. The third-order valence-corrected chi connectivity index (χ3v) is 8.00. The Morgan fingerprint density at radius 3 is 2.00 bits per heavy atom. The molecule has 1 atom stereocenters. The fourth-order valence-electron chi connectivity index (χ4n) is 4.19. The topological polar surface area (TPSA) is 116 Å². The number of aliphatic hydroxyl groups excluding tert-OH is 2. The van der Waals surface area contributed by atoms with Crippen molar-refractivity contribution in [3.63, 3.8) is 0 Å². The summed E-state index contributed by atoms with van der Waals surface area (Å²) in [5, 5.41) is 24.6. The molecule has 0 fully saturated rings. The molecule has 0 aliphatic rings. The van der Waals surface area contributed by atoms with Crippen LogP contribution < -0.4 is 10.6 Å². The number of benzene rings is 1. The SMILES string of the molecule is CCCCCCCCC=CCCCCCCCC(=O)Nc1ccc(SC(=O)CCNC(=O)C(O)C(C)(C)CO)cc1. The summed E-state index contributed by atoms with van der Waals surface area (Å²) in [6.45, 7) is 5.20. The van der Waals surface area contributed by atoms with E-state index < -0.39 is 17.4 Å². The van der Waals surface area contributed by atoms with Crippen LogP contribution in [0.25, 0.3) is 0 Å². The molecule has 1 aromatic carbocycles. The van der Waals surface area contributed by atoms with Crippen molar-refractivity contribution in [1.29, 1.82) is 0 Å². The van der Waals surface area contributed by atoms with Gasteiger partial charge in [-0.05, 0) is 56.4 Å². The lowest BCUT2D eigenvalue weighted by Gasteiger charge is -2.27. The molecule has 0 saturated heterocycles. The van der Waals surface area contributed by atoms with Crippen molar-refractivity contribution < 1.29 is 24.6 Å². The van der Waals surface area contributed by atoms with E-state index in [1.807, 2.05) is 0 Å². The van der Waals surface area contributed by atoms with Gasteiger partial charge in [0.15, 0.2) is 5.12 Å². The second kappa shape index (κ2) is 22.4. The predicted molar refractivity (Wildman–Crippen MR) is 170 cm³/mol. The van der Waals surface area contributed by atoms with Gasteiger partial charge >= 0.3 is 0 Å². The Kier molecular flexibility index (Phi) is 20.2. The fourth-order valence-corrected chi connectivity index (χ4v) is 4.93. The summed E-state index contributed by atoms with van der Waals surface area (Å²) in [6, 6.07) is 7.13. The van der Waals surface area contributed by atoms with Gasteiger partial charge in [0, 0.05) is 35.4 Å². The normalized spacial score (nSPS) is 12.4. The third-order valence-electron chi connectivity index (χ3n) is 7.06. The van der Waals surface area contributed by atoms with Crippen LogP contribution in [0, 0.1) is 5.41 Å². The Labute approximate surface area is 252 Å². The molecule has 0 aliphatic carbocycles. The maximum Gasteiger partial charge on any atom is 0.249 e. The van der Waals surface area contributed by atoms with Gasteiger partial charge in [0.05, 0.1) is 6.61 Å². The number of amides is 2. The van der Waals surface area contributed by atoms with Crippen molar-refractivity contribution >= 4 is 34.4 Å². The first-order valence-corrected chi connectivity index (χ1v) is 16.3. The van der Waals surface area contributed by atoms with E-state index in [0.29, 0.717) is 12.1 Å². The molecule has 7 nitrogen and oxygen atoms in total. The van der Waals surface area contributed by atoms with Gasteiger partial charge in [0.2, 0.25) is 11.8 Å². The molecule has 0 radical (unpaired) electrons. The maximum atomic E-state index is 12.3. The second-order valence-electron chi connectivity index (χ2n) is 11.5. The van der Waals surface area contributed by atoms with Crippen molar-refractivity contribution in [3.05, 3.63) is 36.4 Å². The second-order valence-corrected chi connectivity index (χ2v) is 12.6. The molecule has 232 valence electrons. The maximum absolute atomic E-state index is 12.3. The van der Waals surface area contributed by atoms with Crippen LogP contribution in [0.2, 0.25) is 0 Å². The first-order valence-electron chi connectivity index (χ1n) is 15.5. The van der Waals surface area contributed by atoms with Crippen LogP contribution >= 0.6 is 11.8 Å². The van der Waals surface area contributed by atoms with E-state index in [1.165, 1.54) is 57.8 Å². The molecule has 41 heavy (non-hydrogen) atoms. The number of carbonyl (C=O) groups is 3. The summed E-state index contributed by atoms with van der Waals surface area (Å²) >= 11 is 1.06. The molecular weight excluding hydrogens is 536 g/mol. The minimum Gasteiger partial charge on any atom is -0.396 e. The van der Waals surface area contributed by atoms with E-state index in [1.54, 1.807) is 38.1 Å². The Morgan fingerprint density at radius 2 is 1.41 bits per heavy atom. The van der Waals surface area contributed by atoms with Gasteiger partial charge in [0.25, 0.3) is 0 Å². The molecular formula is C33H54N2O5S. The molecule has 0 bridgehead atoms. The van der Waals surface area contributed by atoms with Gasteiger partial charge in [-0.2, -0.15) is 0 Å². The number of carbonyl (C=O) groups excluding carboxylic acids is 3. The standard InChI is InChI=1S/C33H54N2O5S/c1-4-5-6-7-8-9-10-11-12-13-14-15-16-17-18-19-29(37)35-27-20-22-28(23-21-27)41-30(38)24-25-34-32(40)31(39)33(2,3)26-36/h11-12,20-23,31,36,39H,4-10,13-19,24-26H2,1-3H3,(H,34,40)(H,35,37). The molecule has 2 amide bonds. The fraction of sp³-hybridized carbons (Fsp3) is 0.667. The van der Waals surface area contributed by atoms with Crippen molar-refractivity contribution in [2.24, 2.45) is 5.41 Å². The van der Waals surface area contributed by atoms with Crippen LogP contribution in [-0.2, 0) is 14.4 Å². The highest BCUT2D eigenvalue weighted by Gasteiger charge is 2.32. The van der Waals surface area contributed by atoms with E-state index >= 15 is 0 Å². The lowest BCUT2D eigenvalue weighted by atomic mass is 9.87. The first kappa shape index (κ1) is 36.9. The van der Waals surface area contributed by atoms with Crippen LogP contribution in [0.4, 0.5) is 5.69 Å². The summed E-state index contributed by atoms with van der Waals surface area (Å²) < 4.78 is 0. The van der Waals surface area contributed by atoms with E-state index in [-0.39, 0.29) is 30.6 Å². The number of allylic oxidation sites excluding steroid dienone is 2. The van der Waals surface area contributed by atoms with Gasteiger partial charge in [-0.15, -0.1) is 0 Å². The molecule has 0 aliphatic heterocycles. The molecule has 1 rings (SSSR count). The smallest absolute Gasteiger partial charge is 0.249 e. The van der Waals surface area contributed by atoms with Gasteiger partial charge < -0.3 is 20.8 Å². The highest BCUT2D eigenvalue weighted by molar-refractivity contribution is 8.13. The molecule has 1 unspecified atom stereocenters. The lowest BCUT2D eigenvalue weighted by molar-refractivity contribution is -0.137. The number of anilines is 1. The molecule has 0 saturated carbocycles. The lowest BCUT2D eigenvalue weighted by Crippen LogP contribution is -2.45. The Morgan fingerprint density at radius 1 is 0.854 bits per heavy atom. The average molecular weight is 591 g/mol. The van der Waals surface area contributed by atoms with E-state index in [9.17, 15) is 24.6 Å². The van der Waals surface area contributed by atoms with Crippen molar-refractivity contribution in [2.75, 3.05) is 18.5 Å². The Balaban J connectivity index is 2.11. The largest absolute Gasteiger partial charge is 0.396 e. The van der Waals surface area contributed by atoms with E-state index in [0.717, 1.165) is 42.3 Å². The summed E-state index contributed by atoms with van der Waals surface area (Å²) in [6.07, 6.45) is 19.9. The minimum atomic E-state index is -1.35. The Bertz CT molecular complexity index is 901. The zero-order chi connectivity index (χ0) is 30.3. The quantitative estimate of drug-likeness (QED) is 0.0610. The number of thioether (sulfide) groups is 1. The van der Waals surface area contributed by atoms with Crippen LogP contribution in [0.15, 0.2) is 41.3 Å². The zero-order valence-electron chi connectivity index (χ0n) is 25.6. The van der Waals surface area contributed by atoms with Crippen molar-refractivity contribution in [3.8, 4) is 0 Å². The number of nitrogens with one attached hydrogen (secondary N) is 2. The number of unbranched alkanes of at least 4 members (excludes halogenated alkanes) is 11. The number of hydrogen-bond donors (Lipinski definition) is 4. The summed E-state index contributed by atoms with van der Waals surface area (Å²) in [5.74, 6) is -0.606. The van der Waals surface area contributed by atoms with Gasteiger partial charge in [-0.25, -0.2) is 0 Å². The van der Waals surface area contributed by atoms with Crippen LogP contribution in [0.3, 0.4) is 0 Å². The molecule has 0 aromatic heterocycles. The number of hydrogen-bond acceptors (Lipinski definition) is 6. The molecule has 8 heteroatoms. The van der Waals surface area contributed by atoms with Gasteiger partial charge in [0.1, 0.15) is 6.10 Å². The number of aliphatic hydroxyl groups is 2. The summed E-state index contributed by atoms with van der Waals surface area (Å²) in [5.41, 5.74) is -0.253. The minimum absolute atomic E-state index is 0.00131. The van der Waals surface area contributed by atoms with Crippen LogP contribution in [0.5, 0.6) is 0 Å².